The molecule has 0 saturated heterocycles. The van der Waals surface area contributed by atoms with Crippen LogP contribution < -0.4 is 5.32 Å². The molecule has 1 N–H and O–H groups in total. The van der Waals surface area contributed by atoms with Gasteiger partial charge in [0.25, 0.3) is 5.91 Å². The van der Waals surface area contributed by atoms with E-state index in [1.165, 1.54) is 31.8 Å². The highest BCUT2D eigenvalue weighted by molar-refractivity contribution is 6.31. The number of halogens is 1. The van der Waals surface area contributed by atoms with Crippen LogP contribution in [0.15, 0.2) is 36.8 Å². The van der Waals surface area contributed by atoms with Gasteiger partial charge in [0, 0.05) is 23.6 Å². The molecule has 2 heterocycles. The van der Waals surface area contributed by atoms with Gasteiger partial charge in [-0.2, -0.15) is 0 Å². The number of ether oxygens (including phenoxy) is 1. The number of aromatic nitrogens is 3. The highest BCUT2D eigenvalue weighted by Crippen LogP contribution is 2.27. The van der Waals surface area contributed by atoms with Crippen molar-refractivity contribution >= 4 is 40.3 Å². The van der Waals surface area contributed by atoms with Crippen molar-refractivity contribution in [1.29, 1.82) is 0 Å². The molecule has 0 bridgehead atoms. The van der Waals surface area contributed by atoms with E-state index in [-0.39, 0.29) is 11.1 Å². The molecule has 0 unspecified atom stereocenters. The summed E-state index contributed by atoms with van der Waals surface area (Å²) in [6.07, 6.45) is 4.44. The van der Waals surface area contributed by atoms with E-state index >= 15 is 0 Å². The molecule has 126 valence electrons. The molecule has 2 aromatic heterocycles. The molecule has 0 aliphatic carbocycles. The van der Waals surface area contributed by atoms with Crippen molar-refractivity contribution in [3.05, 3.63) is 58.5 Å². The number of esters is 1. The van der Waals surface area contributed by atoms with Gasteiger partial charge in [-0.25, -0.2) is 14.8 Å². The van der Waals surface area contributed by atoms with Crippen LogP contribution in [0, 0.1) is 6.92 Å². The van der Waals surface area contributed by atoms with Crippen molar-refractivity contribution < 1.29 is 14.3 Å². The predicted octanol–water partition coefficient (Wildman–Crippen LogP) is 3.03. The normalized spacial score (nSPS) is 10.5. The Bertz CT molecular complexity index is 991. The summed E-state index contributed by atoms with van der Waals surface area (Å²) in [6.45, 7) is 1.73. The Hall–Kier alpha value is -3.06. The third-order valence-electron chi connectivity index (χ3n) is 3.53. The van der Waals surface area contributed by atoms with Crippen LogP contribution in [0.2, 0.25) is 5.02 Å². The zero-order valence-electron chi connectivity index (χ0n) is 13.4. The first-order valence-corrected chi connectivity index (χ1v) is 7.64. The maximum Gasteiger partial charge on any atom is 0.340 e. The first-order valence-electron chi connectivity index (χ1n) is 7.26. The molecule has 0 aliphatic heterocycles. The summed E-state index contributed by atoms with van der Waals surface area (Å²) < 4.78 is 4.75. The van der Waals surface area contributed by atoms with E-state index in [0.29, 0.717) is 27.4 Å². The predicted molar refractivity (Wildman–Crippen MR) is 92.8 cm³/mol. The van der Waals surface area contributed by atoms with E-state index in [9.17, 15) is 9.59 Å². The van der Waals surface area contributed by atoms with Crippen LogP contribution in [0.25, 0.3) is 11.2 Å². The summed E-state index contributed by atoms with van der Waals surface area (Å²) in [5.41, 5.74) is 2.37. The number of fused-ring (bicyclic) bond motifs is 1. The number of pyridine rings is 1. The Morgan fingerprint density at radius 1 is 1.12 bits per heavy atom. The van der Waals surface area contributed by atoms with Crippen LogP contribution in [0.5, 0.6) is 0 Å². The lowest BCUT2D eigenvalue weighted by molar-refractivity contribution is 0.0602. The van der Waals surface area contributed by atoms with E-state index in [2.05, 4.69) is 20.3 Å². The SMILES string of the molecule is COC(=O)c1cc(Cl)cc(C)c1NC(=O)c1cnc2nccnc2c1. The lowest BCUT2D eigenvalue weighted by Gasteiger charge is -2.13. The molecule has 8 heteroatoms. The standard InChI is InChI=1S/C17H13ClN4O3/c1-9-5-11(18)7-12(17(24)25-2)14(9)22-16(23)10-6-13-15(21-8-10)20-4-3-19-13/h3-8H,1-2H3,(H,22,23). The minimum Gasteiger partial charge on any atom is -0.465 e. The average Bonchev–Trinajstić information content (AvgIpc) is 2.62. The number of benzene rings is 1. The minimum atomic E-state index is -0.594. The first-order chi connectivity index (χ1) is 12.0. The zero-order chi connectivity index (χ0) is 18.0. The number of anilines is 1. The van der Waals surface area contributed by atoms with Crippen LogP contribution >= 0.6 is 11.6 Å². The second-order valence-corrected chi connectivity index (χ2v) is 5.65. The molecule has 7 nitrogen and oxygen atoms in total. The number of carbonyl (C=O) groups is 2. The topological polar surface area (TPSA) is 94.1 Å². The Morgan fingerprint density at radius 2 is 1.88 bits per heavy atom. The summed E-state index contributed by atoms with van der Waals surface area (Å²) in [5.74, 6) is -1.03. The second-order valence-electron chi connectivity index (χ2n) is 5.21. The molecule has 25 heavy (non-hydrogen) atoms. The monoisotopic (exact) mass is 356 g/mol. The number of hydrogen-bond donors (Lipinski definition) is 1. The number of nitrogens with one attached hydrogen (secondary N) is 1. The van der Waals surface area contributed by atoms with Gasteiger partial charge >= 0.3 is 5.97 Å². The molecule has 0 atom stereocenters. The Kier molecular flexibility index (Phi) is 4.58. The van der Waals surface area contributed by atoms with Crippen LogP contribution in [0.1, 0.15) is 26.3 Å². The number of amides is 1. The molecule has 0 fully saturated rings. The molecule has 1 aromatic carbocycles. The molecule has 0 radical (unpaired) electrons. The quantitative estimate of drug-likeness (QED) is 0.725. The van der Waals surface area contributed by atoms with Gasteiger partial charge < -0.3 is 10.1 Å². The van der Waals surface area contributed by atoms with E-state index < -0.39 is 11.9 Å². The highest BCUT2D eigenvalue weighted by Gasteiger charge is 2.18. The minimum absolute atomic E-state index is 0.175. The lowest BCUT2D eigenvalue weighted by Crippen LogP contribution is -2.17. The summed E-state index contributed by atoms with van der Waals surface area (Å²) in [6, 6.07) is 4.67. The van der Waals surface area contributed by atoms with Gasteiger partial charge in [-0.1, -0.05) is 11.6 Å². The fourth-order valence-corrected chi connectivity index (χ4v) is 2.62. The Balaban J connectivity index is 1.98. The van der Waals surface area contributed by atoms with Gasteiger partial charge in [0.15, 0.2) is 5.65 Å². The van der Waals surface area contributed by atoms with Gasteiger partial charge in [0.1, 0.15) is 5.52 Å². The van der Waals surface area contributed by atoms with Gasteiger partial charge in [-0.05, 0) is 30.7 Å². The summed E-state index contributed by atoms with van der Waals surface area (Å²) >= 11 is 6.00. The molecule has 0 aliphatic rings. The van der Waals surface area contributed by atoms with Crippen molar-refractivity contribution in [2.24, 2.45) is 0 Å². The van der Waals surface area contributed by atoms with Crippen LogP contribution in [0.3, 0.4) is 0 Å². The number of nitrogens with zero attached hydrogens (tertiary/aromatic N) is 3. The molecule has 3 rings (SSSR count). The number of rotatable bonds is 3. The third kappa shape index (κ3) is 3.41. The van der Waals surface area contributed by atoms with Gasteiger partial charge in [0.05, 0.1) is 23.9 Å². The molecule has 3 aromatic rings. The fourth-order valence-electron chi connectivity index (χ4n) is 2.35. The molecular weight excluding hydrogens is 344 g/mol. The van der Waals surface area contributed by atoms with Crippen molar-refractivity contribution in [2.75, 3.05) is 12.4 Å². The number of hydrogen-bond acceptors (Lipinski definition) is 6. The smallest absolute Gasteiger partial charge is 0.340 e. The van der Waals surface area contributed by atoms with Crippen molar-refractivity contribution in [2.45, 2.75) is 6.92 Å². The van der Waals surface area contributed by atoms with E-state index in [1.807, 2.05) is 0 Å². The van der Waals surface area contributed by atoms with Crippen LogP contribution in [-0.4, -0.2) is 33.9 Å². The first kappa shape index (κ1) is 16.8. The van der Waals surface area contributed by atoms with Crippen molar-refractivity contribution in [3.8, 4) is 0 Å². The van der Waals surface area contributed by atoms with Gasteiger partial charge in [0.2, 0.25) is 0 Å². The molecule has 1 amide bonds. The Morgan fingerprint density at radius 3 is 2.64 bits per heavy atom. The average molecular weight is 357 g/mol. The van der Waals surface area contributed by atoms with Gasteiger partial charge in [-0.15, -0.1) is 0 Å². The van der Waals surface area contributed by atoms with Crippen molar-refractivity contribution in [3.63, 3.8) is 0 Å². The number of aryl methyl sites for hydroxylation is 1. The maximum absolute atomic E-state index is 12.6. The third-order valence-corrected chi connectivity index (χ3v) is 3.75. The maximum atomic E-state index is 12.6. The number of methoxy groups -OCH3 is 1. The molecular formula is C17H13ClN4O3. The van der Waals surface area contributed by atoms with E-state index in [1.54, 1.807) is 19.1 Å². The van der Waals surface area contributed by atoms with Crippen LogP contribution in [-0.2, 0) is 4.74 Å². The number of carbonyl (C=O) groups excluding carboxylic acids is 2. The van der Waals surface area contributed by atoms with Crippen LogP contribution in [0.4, 0.5) is 5.69 Å². The molecule has 0 saturated carbocycles. The lowest BCUT2D eigenvalue weighted by atomic mass is 10.1. The summed E-state index contributed by atoms with van der Waals surface area (Å²) in [5, 5.41) is 3.09. The zero-order valence-corrected chi connectivity index (χ0v) is 14.2. The summed E-state index contributed by atoms with van der Waals surface area (Å²) in [4.78, 5) is 36.8. The van der Waals surface area contributed by atoms with E-state index in [4.69, 9.17) is 16.3 Å². The van der Waals surface area contributed by atoms with Gasteiger partial charge in [-0.3, -0.25) is 9.78 Å². The molecule has 0 spiro atoms. The largest absolute Gasteiger partial charge is 0.465 e. The summed E-state index contributed by atoms with van der Waals surface area (Å²) in [7, 11) is 1.26. The van der Waals surface area contributed by atoms with E-state index in [0.717, 1.165) is 0 Å². The van der Waals surface area contributed by atoms with Crippen molar-refractivity contribution in [1.82, 2.24) is 15.0 Å². The second kappa shape index (κ2) is 6.82. The fraction of sp³-hybridized carbons (Fsp3) is 0.118. The highest BCUT2D eigenvalue weighted by atomic mass is 35.5. The Labute approximate surface area is 148 Å².